The zero-order valence-corrected chi connectivity index (χ0v) is 11.5. The molecule has 19 heavy (non-hydrogen) atoms. The van der Waals surface area contributed by atoms with Gasteiger partial charge in [-0.25, -0.2) is 0 Å². The zero-order chi connectivity index (χ0) is 13.8. The van der Waals surface area contributed by atoms with Gasteiger partial charge in [0.2, 0.25) is 0 Å². The predicted molar refractivity (Wildman–Crippen MR) is 71.8 cm³/mol. The van der Waals surface area contributed by atoms with Gasteiger partial charge in [-0.1, -0.05) is 37.2 Å². The Balaban J connectivity index is 2.06. The standard InChI is InChI=1S/C14H19N3O2/c1-9(2)14-16-13(19-17-14)8-18-12-7-5-4-6-11(12)10(3)15/h4-7,9-10H,8,15H2,1-3H3. The van der Waals surface area contributed by atoms with Crippen LogP contribution in [0.1, 0.15) is 50.0 Å². The van der Waals surface area contributed by atoms with Gasteiger partial charge in [0, 0.05) is 17.5 Å². The van der Waals surface area contributed by atoms with Gasteiger partial charge in [-0.05, 0) is 13.0 Å². The lowest BCUT2D eigenvalue weighted by atomic mass is 10.1. The third-order valence-electron chi connectivity index (χ3n) is 2.76. The molecule has 0 spiro atoms. The van der Waals surface area contributed by atoms with Crippen LogP contribution in [0.4, 0.5) is 0 Å². The molecule has 0 aliphatic carbocycles. The Bertz CT molecular complexity index is 535. The van der Waals surface area contributed by atoms with E-state index in [2.05, 4.69) is 10.1 Å². The van der Waals surface area contributed by atoms with Crippen LogP contribution < -0.4 is 10.5 Å². The zero-order valence-electron chi connectivity index (χ0n) is 11.5. The molecule has 0 saturated carbocycles. The lowest BCUT2D eigenvalue weighted by molar-refractivity contribution is 0.240. The second kappa shape index (κ2) is 5.84. The molecule has 1 aromatic carbocycles. The number of nitrogens with two attached hydrogens (primary N) is 1. The minimum atomic E-state index is -0.0786. The van der Waals surface area contributed by atoms with Gasteiger partial charge in [-0.15, -0.1) is 0 Å². The minimum absolute atomic E-state index is 0.0786. The maximum Gasteiger partial charge on any atom is 0.264 e. The first-order chi connectivity index (χ1) is 9.08. The smallest absolute Gasteiger partial charge is 0.264 e. The molecule has 0 aliphatic heterocycles. The summed E-state index contributed by atoms with van der Waals surface area (Å²) >= 11 is 0. The third kappa shape index (κ3) is 3.32. The molecule has 1 unspecified atom stereocenters. The van der Waals surface area contributed by atoms with Crippen molar-refractivity contribution in [3.8, 4) is 5.75 Å². The van der Waals surface area contributed by atoms with Crippen molar-refractivity contribution < 1.29 is 9.26 Å². The second-order valence-corrected chi connectivity index (χ2v) is 4.82. The molecule has 5 heteroatoms. The van der Waals surface area contributed by atoms with Crippen LogP contribution in [0.25, 0.3) is 0 Å². The molecule has 0 bridgehead atoms. The molecule has 0 saturated heterocycles. The second-order valence-electron chi connectivity index (χ2n) is 4.82. The van der Waals surface area contributed by atoms with Crippen molar-refractivity contribution in [2.75, 3.05) is 0 Å². The van der Waals surface area contributed by atoms with Crippen LogP contribution in [0.2, 0.25) is 0 Å². The lowest BCUT2D eigenvalue weighted by Crippen LogP contribution is -2.08. The molecule has 1 atom stereocenters. The number of para-hydroxylation sites is 1. The molecule has 1 aromatic heterocycles. The van der Waals surface area contributed by atoms with Crippen molar-refractivity contribution in [2.45, 2.75) is 39.3 Å². The molecule has 102 valence electrons. The normalized spacial score (nSPS) is 12.7. The Hall–Kier alpha value is -1.88. The van der Waals surface area contributed by atoms with Gasteiger partial charge in [-0.3, -0.25) is 0 Å². The maximum absolute atomic E-state index is 5.90. The molecule has 0 aliphatic rings. The quantitative estimate of drug-likeness (QED) is 0.895. The first-order valence-corrected chi connectivity index (χ1v) is 6.37. The molecule has 5 nitrogen and oxygen atoms in total. The molecular formula is C14H19N3O2. The topological polar surface area (TPSA) is 74.2 Å². The Morgan fingerprint density at radius 2 is 2.00 bits per heavy atom. The van der Waals surface area contributed by atoms with Crippen molar-refractivity contribution in [1.82, 2.24) is 10.1 Å². The van der Waals surface area contributed by atoms with Crippen LogP contribution in [-0.2, 0) is 6.61 Å². The summed E-state index contributed by atoms with van der Waals surface area (Å²) in [7, 11) is 0. The Morgan fingerprint density at radius 1 is 1.26 bits per heavy atom. The fraction of sp³-hybridized carbons (Fsp3) is 0.429. The van der Waals surface area contributed by atoms with E-state index in [0.29, 0.717) is 11.7 Å². The van der Waals surface area contributed by atoms with Gasteiger partial charge < -0.3 is 15.0 Å². The van der Waals surface area contributed by atoms with E-state index >= 15 is 0 Å². The third-order valence-corrected chi connectivity index (χ3v) is 2.76. The van der Waals surface area contributed by atoms with Gasteiger partial charge in [0.15, 0.2) is 12.4 Å². The average Bonchev–Trinajstić information content (AvgIpc) is 2.85. The van der Waals surface area contributed by atoms with Crippen LogP contribution in [0.3, 0.4) is 0 Å². The Morgan fingerprint density at radius 3 is 2.63 bits per heavy atom. The number of ether oxygens (including phenoxy) is 1. The van der Waals surface area contributed by atoms with Gasteiger partial charge in [0.05, 0.1) is 0 Å². The van der Waals surface area contributed by atoms with Gasteiger partial charge in [0.1, 0.15) is 5.75 Å². The number of benzene rings is 1. The largest absolute Gasteiger partial charge is 0.483 e. The van der Waals surface area contributed by atoms with E-state index in [1.807, 2.05) is 45.0 Å². The summed E-state index contributed by atoms with van der Waals surface area (Å²) in [5.41, 5.74) is 6.86. The molecule has 0 amide bonds. The summed E-state index contributed by atoms with van der Waals surface area (Å²) in [5.74, 6) is 2.16. The van der Waals surface area contributed by atoms with Crippen molar-refractivity contribution in [3.63, 3.8) is 0 Å². The van der Waals surface area contributed by atoms with Crippen molar-refractivity contribution in [2.24, 2.45) is 5.73 Å². The molecule has 2 rings (SSSR count). The summed E-state index contributed by atoms with van der Waals surface area (Å²) < 4.78 is 10.8. The summed E-state index contributed by atoms with van der Waals surface area (Å²) in [6.07, 6.45) is 0. The summed E-state index contributed by atoms with van der Waals surface area (Å²) in [6, 6.07) is 7.61. The summed E-state index contributed by atoms with van der Waals surface area (Å²) in [5, 5.41) is 3.89. The summed E-state index contributed by atoms with van der Waals surface area (Å²) in [6.45, 7) is 6.21. The Kier molecular flexibility index (Phi) is 4.16. The molecule has 1 heterocycles. The molecular weight excluding hydrogens is 242 g/mol. The van der Waals surface area contributed by atoms with Gasteiger partial charge >= 0.3 is 0 Å². The Labute approximate surface area is 112 Å². The van der Waals surface area contributed by atoms with Crippen LogP contribution >= 0.6 is 0 Å². The molecule has 2 N–H and O–H groups in total. The number of aromatic nitrogens is 2. The number of rotatable bonds is 5. The number of hydrogen-bond acceptors (Lipinski definition) is 5. The monoisotopic (exact) mass is 261 g/mol. The minimum Gasteiger partial charge on any atom is -0.483 e. The van der Waals surface area contributed by atoms with Crippen LogP contribution in [0.15, 0.2) is 28.8 Å². The van der Waals surface area contributed by atoms with E-state index in [9.17, 15) is 0 Å². The average molecular weight is 261 g/mol. The maximum atomic E-state index is 5.90. The van der Waals surface area contributed by atoms with E-state index < -0.39 is 0 Å². The molecule has 0 fully saturated rings. The number of nitrogens with zero attached hydrogens (tertiary/aromatic N) is 2. The first-order valence-electron chi connectivity index (χ1n) is 6.37. The highest BCUT2D eigenvalue weighted by Gasteiger charge is 2.12. The predicted octanol–water partition coefficient (Wildman–Crippen LogP) is 2.79. The highest BCUT2D eigenvalue weighted by atomic mass is 16.5. The molecule has 0 radical (unpaired) electrons. The van der Waals surface area contributed by atoms with Crippen molar-refractivity contribution in [1.29, 1.82) is 0 Å². The first kappa shape index (κ1) is 13.5. The van der Waals surface area contributed by atoms with E-state index in [4.69, 9.17) is 15.0 Å². The highest BCUT2D eigenvalue weighted by molar-refractivity contribution is 5.35. The number of hydrogen-bond donors (Lipinski definition) is 1. The van der Waals surface area contributed by atoms with Crippen LogP contribution in [0, 0.1) is 0 Å². The van der Waals surface area contributed by atoms with Gasteiger partial charge in [-0.2, -0.15) is 4.98 Å². The SMILES string of the molecule is CC(C)c1noc(COc2ccccc2C(C)N)n1. The molecule has 2 aromatic rings. The van der Waals surface area contributed by atoms with E-state index in [0.717, 1.165) is 11.3 Å². The fourth-order valence-corrected chi connectivity index (χ4v) is 1.69. The van der Waals surface area contributed by atoms with Crippen molar-refractivity contribution >= 4 is 0 Å². The van der Waals surface area contributed by atoms with Crippen LogP contribution in [-0.4, -0.2) is 10.1 Å². The van der Waals surface area contributed by atoms with Crippen LogP contribution in [0.5, 0.6) is 5.75 Å². The van der Waals surface area contributed by atoms with Gasteiger partial charge in [0.25, 0.3) is 5.89 Å². The van der Waals surface area contributed by atoms with E-state index in [1.165, 1.54) is 0 Å². The fourth-order valence-electron chi connectivity index (χ4n) is 1.69. The lowest BCUT2D eigenvalue weighted by Gasteiger charge is -2.12. The van der Waals surface area contributed by atoms with E-state index in [1.54, 1.807) is 0 Å². The highest BCUT2D eigenvalue weighted by Crippen LogP contribution is 2.24. The van der Waals surface area contributed by atoms with Crippen molar-refractivity contribution in [3.05, 3.63) is 41.5 Å². The van der Waals surface area contributed by atoms with E-state index in [-0.39, 0.29) is 18.6 Å². The summed E-state index contributed by atoms with van der Waals surface area (Å²) in [4.78, 5) is 4.27.